The summed E-state index contributed by atoms with van der Waals surface area (Å²) in [4.78, 5) is 17.2. The molecule has 0 aromatic heterocycles. The molecule has 138 valence electrons. The summed E-state index contributed by atoms with van der Waals surface area (Å²) < 4.78 is 4.81. The summed E-state index contributed by atoms with van der Waals surface area (Å²) in [5.41, 5.74) is 3.13. The highest BCUT2D eigenvalue weighted by molar-refractivity contribution is 8.18. The van der Waals surface area contributed by atoms with Crippen LogP contribution >= 0.6 is 11.8 Å². The molecular weight excluding hydrogens is 362 g/mol. The lowest BCUT2D eigenvalue weighted by atomic mass is 10.1. The number of phenols is 1. The third-order valence-electron chi connectivity index (χ3n) is 4.09. The van der Waals surface area contributed by atoms with Crippen molar-refractivity contribution in [2.45, 2.75) is 13.8 Å². The summed E-state index contributed by atoms with van der Waals surface area (Å²) in [5, 5.41) is 21.1. The number of ether oxygens (including phenoxy) is 1. The lowest BCUT2D eigenvalue weighted by molar-refractivity contribution is -0.135. The molecule has 6 heteroatoms. The number of rotatable bonds is 3. The van der Waals surface area contributed by atoms with E-state index >= 15 is 0 Å². The van der Waals surface area contributed by atoms with E-state index in [4.69, 9.17) is 4.74 Å². The number of aryl methyl sites for hydroxylation is 2. The molecule has 1 aliphatic rings. The minimum Gasteiger partial charge on any atom is -0.507 e. The maximum Gasteiger partial charge on any atom is 0.344 e. The average molecular weight is 381 g/mol. The number of esters is 1. The molecule has 0 spiro atoms. The van der Waals surface area contributed by atoms with Gasteiger partial charge in [-0.2, -0.15) is 0 Å². The molecule has 0 saturated carbocycles. The van der Waals surface area contributed by atoms with Crippen LogP contribution in [0.25, 0.3) is 6.08 Å². The number of aromatic hydroxyl groups is 1. The number of aliphatic imine (C=N–C) groups is 1. The van der Waals surface area contributed by atoms with Crippen LogP contribution in [0.4, 0.5) is 5.69 Å². The summed E-state index contributed by atoms with van der Waals surface area (Å²) in [6, 6.07) is 12.8. The van der Waals surface area contributed by atoms with Crippen molar-refractivity contribution in [2.24, 2.45) is 4.99 Å². The molecule has 3 rings (SSSR count). The Kier molecular flexibility index (Phi) is 5.37. The Hall–Kier alpha value is -2.99. The summed E-state index contributed by atoms with van der Waals surface area (Å²) in [6.45, 7) is 3.79. The Balaban J connectivity index is 2.09. The van der Waals surface area contributed by atoms with Gasteiger partial charge in [-0.1, -0.05) is 42.1 Å². The Morgan fingerprint density at radius 2 is 1.89 bits per heavy atom. The summed E-state index contributed by atoms with van der Waals surface area (Å²) in [5.74, 6) is -0.775. The van der Waals surface area contributed by atoms with Crippen LogP contribution in [0.15, 0.2) is 63.7 Å². The summed E-state index contributed by atoms with van der Waals surface area (Å²) in [7, 11) is 1.26. The van der Waals surface area contributed by atoms with E-state index in [1.807, 2.05) is 44.2 Å². The molecule has 5 nitrogen and oxygen atoms in total. The summed E-state index contributed by atoms with van der Waals surface area (Å²) in [6.07, 6.45) is 1.62. The fourth-order valence-corrected chi connectivity index (χ4v) is 3.62. The van der Waals surface area contributed by atoms with Gasteiger partial charge in [-0.25, -0.2) is 9.79 Å². The Morgan fingerprint density at radius 1 is 1.15 bits per heavy atom. The molecule has 0 fully saturated rings. The number of nitrogens with zero attached hydrogens (tertiary/aromatic N) is 1. The molecule has 1 heterocycles. The van der Waals surface area contributed by atoms with Crippen LogP contribution in [0.3, 0.4) is 0 Å². The predicted octanol–water partition coefficient (Wildman–Crippen LogP) is 4.81. The fourth-order valence-electron chi connectivity index (χ4n) is 2.61. The molecule has 27 heavy (non-hydrogen) atoms. The zero-order chi connectivity index (χ0) is 19.6. The van der Waals surface area contributed by atoms with Crippen molar-refractivity contribution in [2.75, 3.05) is 7.11 Å². The molecule has 2 aromatic carbocycles. The number of aliphatic hydroxyl groups excluding tert-OH is 1. The van der Waals surface area contributed by atoms with Crippen molar-refractivity contribution < 1.29 is 19.7 Å². The monoisotopic (exact) mass is 381 g/mol. The van der Waals surface area contributed by atoms with Crippen molar-refractivity contribution in [3.05, 3.63) is 75.4 Å². The van der Waals surface area contributed by atoms with Gasteiger partial charge in [-0.05, 0) is 43.2 Å². The van der Waals surface area contributed by atoms with Crippen molar-refractivity contribution in [3.8, 4) is 5.75 Å². The van der Waals surface area contributed by atoms with E-state index in [0.29, 0.717) is 21.2 Å². The summed E-state index contributed by atoms with van der Waals surface area (Å²) >= 11 is 1.16. The lowest BCUT2D eigenvalue weighted by Gasteiger charge is -2.04. The molecule has 0 atom stereocenters. The van der Waals surface area contributed by atoms with Crippen LogP contribution in [0, 0.1) is 13.8 Å². The largest absolute Gasteiger partial charge is 0.507 e. The van der Waals surface area contributed by atoms with Crippen molar-refractivity contribution in [1.82, 2.24) is 0 Å². The number of para-hydroxylation sites is 1. The van der Waals surface area contributed by atoms with Crippen LogP contribution in [0.1, 0.15) is 16.7 Å². The van der Waals surface area contributed by atoms with E-state index in [1.54, 1.807) is 18.2 Å². The van der Waals surface area contributed by atoms with Gasteiger partial charge >= 0.3 is 5.97 Å². The van der Waals surface area contributed by atoms with E-state index in [9.17, 15) is 15.0 Å². The zero-order valence-corrected chi connectivity index (χ0v) is 16.0. The van der Waals surface area contributed by atoms with E-state index in [-0.39, 0.29) is 17.1 Å². The highest BCUT2D eigenvalue weighted by Gasteiger charge is 2.33. The first-order valence-electron chi connectivity index (χ1n) is 8.26. The number of aliphatic hydroxyl groups is 1. The molecule has 1 aliphatic heterocycles. The molecule has 0 unspecified atom stereocenters. The first-order chi connectivity index (χ1) is 12.9. The van der Waals surface area contributed by atoms with Crippen LogP contribution in [-0.2, 0) is 9.53 Å². The Labute approximate surface area is 161 Å². The molecule has 2 aromatic rings. The number of hydrogen-bond donors (Lipinski definition) is 2. The number of benzene rings is 2. The van der Waals surface area contributed by atoms with Crippen LogP contribution in [-0.4, -0.2) is 28.3 Å². The standard InChI is InChI=1S/C21H19NO4S/c1-12-8-9-14(16(23)10-12)11-17-19(24)18(21(25)26-3)20(27-17)22-15-7-5-4-6-13(15)2/h4-11,23-24H,1-3H3. The van der Waals surface area contributed by atoms with E-state index in [0.717, 1.165) is 22.9 Å². The second-order valence-electron chi connectivity index (χ2n) is 6.09. The molecule has 2 N–H and O–H groups in total. The lowest BCUT2D eigenvalue weighted by Crippen LogP contribution is -2.10. The number of carbonyl (C=O) groups excluding carboxylic acids is 1. The van der Waals surface area contributed by atoms with Crippen LogP contribution < -0.4 is 0 Å². The van der Waals surface area contributed by atoms with Gasteiger partial charge in [0.15, 0.2) is 0 Å². The van der Waals surface area contributed by atoms with E-state index in [1.165, 1.54) is 7.11 Å². The van der Waals surface area contributed by atoms with Crippen molar-refractivity contribution >= 4 is 34.5 Å². The second kappa shape index (κ2) is 7.72. The van der Waals surface area contributed by atoms with Gasteiger partial charge in [0.25, 0.3) is 0 Å². The van der Waals surface area contributed by atoms with Crippen molar-refractivity contribution in [3.63, 3.8) is 0 Å². The highest BCUT2D eigenvalue weighted by atomic mass is 32.2. The average Bonchev–Trinajstić information content (AvgIpc) is 2.94. The van der Waals surface area contributed by atoms with Gasteiger partial charge in [0.05, 0.1) is 17.7 Å². The fraction of sp³-hybridized carbons (Fsp3) is 0.143. The van der Waals surface area contributed by atoms with Crippen LogP contribution in [0.2, 0.25) is 0 Å². The normalized spacial score (nSPS) is 17.0. The van der Waals surface area contributed by atoms with Gasteiger partial charge < -0.3 is 14.9 Å². The van der Waals surface area contributed by atoms with Gasteiger partial charge in [0, 0.05) is 5.56 Å². The SMILES string of the molecule is COC(=O)C1=C(O)C(=Cc2ccc(C)cc2O)SC1=Nc1ccccc1C. The molecule has 0 bridgehead atoms. The molecule has 0 radical (unpaired) electrons. The highest BCUT2D eigenvalue weighted by Crippen LogP contribution is 2.41. The Morgan fingerprint density at radius 3 is 2.56 bits per heavy atom. The van der Waals surface area contributed by atoms with E-state index < -0.39 is 5.97 Å². The quantitative estimate of drug-likeness (QED) is 0.746. The predicted molar refractivity (Wildman–Crippen MR) is 108 cm³/mol. The third-order valence-corrected chi connectivity index (χ3v) is 5.11. The first kappa shape index (κ1) is 18.8. The second-order valence-corrected chi connectivity index (χ2v) is 7.12. The Bertz CT molecular complexity index is 1000. The maximum absolute atomic E-state index is 12.2. The molecular formula is C21H19NO4S. The minimum atomic E-state index is -0.663. The number of methoxy groups -OCH3 is 1. The van der Waals surface area contributed by atoms with Crippen molar-refractivity contribution in [1.29, 1.82) is 0 Å². The smallest absolute Gasteiger partial charge is 0.344 e. The topological polar surface area (TPSA) is 79.1 Å². The van der Waals surface area contributed by atoms with Gasteiger partial charge in [-0.3, -0.25) is 0 Å². The van der Waals surface area contributed by atoms with Crippen LogP contribution in [0.5, 0.6) is 5.75 Å². The van der Waals surface area contributed by atoms with E-state index in [2.05, 4.69) is 4.99 Å². The minimum absolute atomic E-state index is 0.0172. The number of phenolic OH excluding ortho intramolecular Hbond substituents is 1. The maximum atomic E-state index is 12.2. The first-order valence-corrected chi connectivity index (χ1v) is 9.08. The number of carbonyl (C=O) groups is 1. The van der Waals surface area contributed by atoms with Gasteiger partial charge in [0.1, 0.15) is 22.1 Å². The molecule has 0 saturated heterocycles. The molecule has 0 amide bonds. The molecule has 0 aliphatic carbocycles. The third kappa shape index (κ3) is 3.90. The number of hydrogen-bond acceptors (Lipinski definition) is 6. The number of thioether (sulfide) groups is 1. The van der Waals surface area contributed by atoms with Gasteiger partial charge in [-0.15, -0.1) is 0 Å². The van der Waals surface area contributed by atoms with Gasteiger partial charge in [0.2, 0.25) is 0 Å². The zero-order valence-electron chi connectivity index (χ0n) is 15.2.